The maximum atomic E-state index is 13.7. The van der Waals surface area contributed by atoms with Gasteiger partial charge in [0.15, 0.2) is 16.9 Å². The van der Waals surface area contributed by atoms with Gasteiger partial charge in [0.1, 0.15) is 17.2 Å². The highest BCUT2D eigenvalue weighted by Gasteiger charge is 2.45. The van der Waals surface area contributed by atoms with E-state index < -0.39 is 11.9 Å². The number of carbonyl (C=O) groups excluding carboxylic acids is 1. The van der Waals surface area contributed by atoms with E-state index in [1.165, 1.54) is 16.2 Å². The molecule has 0 fully saturated rings. The molecule has 3 heterocycles. The van der Waals surface area contributed by atoms with Gasteiger partial charge >= 0.3 is 0 Å². The molecule has 1 amide bonds. The van der Waals surface area contributed by atoms with Gasteiger partial charge < -0.3 is 13.9 Å². The molecule has 0 radical (unpaired) electrons. The Kier molecular flexibility index (Phi) is 6.13. The molecule has 1 aliphatic rings. The zero-order valence-corrected chi connectivity index (χ0v) is 21.5. The lowest BCUT2D eigenvalue weighted by Gasteiger charge is -2.23. The molecule has 190 valence electrons. The maximum Gasteiger partial charge on any atom is 0.297 e. The molecule has 1 aliphatic heterocycles. The summed E-state index contributed by atoms with van der Waals surface area (Å²) in [6.45, 7) is 4.49. The number of para-hydroxylation sites is 1. The Morgan fingerprint density at radius 2 is 1.74 bits per heavy atom. The molecule has 6 rings (SSSR count). The number of fused-ring (bicyclic) bond motifs is 2. The second kappa shape index (κ2) is 9.75. The van der Waals surface area contributed by atoms with Crippen LogP contribution in [0.2, 0.25) is 0 Å². The molecule has 0 unspecified atom stereocenters. The topological polar surface area (TPSA) is 94.8 Å². The summed E-state index contributed by atoms with van der Waals surface area (Å²) in [7, 11) is 0. The molecule has 38 heavy (non-hydrogen) atoms. The van der Waals surface area contributed by atoms with Gasteiger partial charge in [-0.05, 0) is 49.2 Å². The van der Waals surface area contributed by atoms with E-state index in [0.717, 1.165) is 5.56 Å². The summed E-state index contributed by atoms with van der Waals surface area (Å²) in [6, 6.07) is 21.5. The van der Waals surface area contributed by atoms with Crippen molar-refractivity contribution in [2.75, 3.05) is 11.5 Å². The Labute approximate surface area is 222 Å². The van der Waals surface area contributed by atoms with Crippen molar-refractivity contribution in [3.8, 4) is 11.5 Å². The van der Waals surface area contributed by atoms with Crippen molar-refractivity contribution in [3.05, 3.63) is 110 Å². The monoisotopic (exact) mass is 525 g/mol. The Morgan fingerprint density at radius 3 is 2.50 bits per heavy atom. The average Bonchev–Trinajstić information content (AvgIpc) is 3.49. The third kappa shape index (κ3) is 4.10. The lowest BCUT2D eigenvalue weighted by molar-refractivity contribution is 0.0970. The van der Waals surface area contributed by atoms with Crippen LogP contribution >= 0.6 is 11.3 Å². The fraction of sp³-hybridized carbons (Fsp3) is 0.172. The normalized spacial score (nSPS) is 14.6. The van der Waals surface area contributed by atoms with Gasteiger partial charge in [0.25, 0.3) is 5.91 Å². The molecule has 5 aromatic rings. The molecule has 9 heteroatoms. The second-order valence-corrected chi connectivity index (χ2v) is 9.93. The molecule has 2 aromatic heterocycles. The maximum absolute atomic E-state index is 13.7. The molecular weight excluding hydrogens is 502 g/mol. The number of aromatic nitrogens is 2. The largest absolute Gasteiger partial charge is 0.490 e. The zero-order chi connectivity index (χ0) is 26.2. The molecule has 0 aliphatic carbocycles. The van der Waals surface area contributed by atoms with Crippen LogP contribution in [0.4, 0.5) is 5.13 Å². The smallest absolute Gasteiger partial charge is 0.297 e. The van der Waals surface area contributed by atoms with Crippen molar-refractivity contribution in [3.63, 3.8) is 0 Å². The molecule has 8 nitrogen and oxygen atoms in total. The van der Waals surface area contributed by atoms with Gasteiger partial charge in [-0.2, -0.15) is 0 Å². The summed E-state index contributed by atoms with van der Waals surface area (Å²) in [5.41, 5.74) is 2.06. The Balaban J connectivity index is 1.48. The van der Waals surface area contributed by atoms with Crippen LogP contribution in [0.1, 0.15) is 45.2 Å². The van der Waals surface area contributed by atoms with Crippen molar-refractivity contribution in [2.45, 2.75) is 26.5 Å². The van der Waals surface area contributed by atoms with E-state index in [0.29, 0.717) is 51.4 Å². The number of ether oxygens (including phenoxy) is 2. The van der Waals surface area contributed by atoms with Crippen molar-refractivity contribution in [1.82, 2.24) is 10.2 Å². The molecule has 1 atom stereocenters. The molecule has 0 bridgehead atoms. The first-order chi connectivity index (χ1) is 18.5. The third-order valence-corrected chi connectivity index (χ3v) is 7.16. The van der Waals surface area contributed by atoms with Gasteiger partial charge in [-0.1, -0.05) is 59.9 Å². The number of rotatable bonds is 7. The number of carbonyl (C=O) groups is 1. The van der Waals surface area contributed by atoms with Crippen LogP contribution in [-0.2, 0) is 6.61 Å². The van der Waals surface area contributed by atoms with Crippen LogP contribution in [0, 0.1) is 6.92 Å². The number of benzene rings is 3. The lowest BCUT2D eigenvalue weighted by Crippen LogP contribution is -2.29. The Bertz CT molecular complexity index is 1710. The molecule has 0 spiro atoms. The summed E-state index contributed by atoms with van der Waals surface area (Å²) in [4.78, 5) is 28.9. The third-order valence-electron chi connectivity index (χ3n) is 6.32. The summed E-state index contributed by atoms with van der Waals surface area (Å²) >= 11 is 1.27. The Morgan fingerprint density at radius 1 is 0.947 bits per heavy atom. The summed E-state index contributed by atoms with van der Waals surface area (Å²) in [6.07, 6.45) is 0. The molecule has 0 saturated carbocycles. The van der Waals surface area contributed by atoms with Crippen LogP contribution < -0.4 is 19.8 Å². The minimum atomic E-state index is -0.770. The van der Waals surface area contributed by atoms with E-state index in [1.807, 2.05) is 56.3 Å². The van der Waals surface area contributed by atoms with Gasteiger partial charge in [-0.15, -0.1) is 10.2 Å². The van der Waals surface area contributed by atoms with Crippen LogP contribution in [0.15, 0.2) is 82.0 Å². The van der Waals surface area contributed by atoms with Gasteiger partial charge in [0, 0.05) is 0 Å². The van der Waals surface area contributed by atoms with E-state index in [4.69, 9.17) is 13.9 Å². The highest BCUT2D eigenvalue weighted by molar-refractivity contribution is 7.15. The first-order valence-corrected chi connectivity index (χ1v) is 13.0. The van der Waals surface area contributed by atoms with E-state index >= 15 is 0 Å². The van der Waals surface area contributed by atoms with Gasteiger partial charge in [-0.25, -0.2) is 0 Å². The summed E-state index contributed by atoms with van der Waals surface area (Å²) in [5, 5.41) is 9.81. The SMILES string of the molecule is CCOc1cc([C@H]2c3c(oc4ccccc4c3=O)C(=O)N2c2nnc(C)s2)ccc1OCc1ccccc1. The minimum absolute atomic E-state index is 0.00826. The number of nitrogens with zero attached hydrogens (tertiary/aromatic N) is 3. The quantitative estimate of drug-likeness (QED) is 0.270. The van der Waals surface area contributed by atoms with Gasteiger partial charge in [-0.3, -0.25) is 14.5 Å². The number of amides is 1. The van der Waals surface area contributed by atoms with Crippen LogP contribution in [0.5, 0.6) is 11.5 Å². The van der Waals surface area contributed by atoms with E-state index in [2.05, 4.69) is 10.2 Å². The number of aryl methyl sites for hydroxylation is 1. The van der Waals surface area contributed by atoms with E-state index in [1.54, 1.807) is 30.3 Å². The number of hydrogen-bond donors (Lipinski definition) is 0. The van der Waals surface area contributed by atoms with Crippen molar-refractivity contribution >= 4 is 33.3 Å². The number of hydrogen-bond acceptors (Lipinski definition) is 8. The van der Waals surface area contributed by atoms with Crippen LogP contribution in [-0.4, -0.2) is 22.7 Å². The highest BCUT2D eigenvalue weighted by Crippen LogP contribution is 2.44. The molecule has 0 saturated heterocycles. The first-order valence-electron chi connectivity index (χ1n) is 12.2. The predicted molar refractivity (Wildman–Crippen MR) is 144 cm³/mol. The highest BCUT2D eigenvalue weighted by atomic mass is 32.1. The summed E-state index contributed by atoms with van der Waals surface area (Å²) < 4.78 is 18.0. The van der Waals surface area contributed by atoms with Crippen molar-refractivity contribution in [2.24, 2.45) is 0 Å². The second-order valence-electron chi connectivity index (χ2n) is 8.76. The first kappa shape index (κ1) is 23.9. The zero-order valence-electron chi connectivity index (χ0n) is 20.7. The summed E-state index contributed by atoms with van der Waals surface area (Å²) in [5.74, 6) is 0.647. The van der Waals surface area contributed by atoms with Crippen molar-refractivity contribution < 1.29 is 18.7 Å². The average molecular weight is 526 g/mol. The van der Waals surface area contributed by atoms with Gasteiger partial charge in [0.2, 0.25) is 10.9 Å². The van der Waals surface area contributed by atoms with Gasteiger partial charge in [0.05, 0.1) is 23.6 Å². The lowest BCUT2D eigenvalue weighted by atomic mass is 9.98. The molecule has 3 aromatic carbocycles. The minimum Gasteiger partial charge on any atom is -0.490 e. The van der Waals surface area contributed by atoms with Crippen molar-refractivity contribution in [1.29, 1.82) is 0 Å². The fourth-order valence-corrected chi connectivity index (χ4v) is 5.35. The van der Waals surface area contributed by atoms with E-state index in [9.17, 15) is 9.59 Å². The number of anilines is 1. The molecular formula is C29H23N3O5S. The Hall–Kier alpha value is -4.50. The van der Waals surface area contributed by atoms with Crippen LogP contribution in [0.25, 0.3) is 11.0 Å². The van der Waals surface area contributed by atoms with Crippen LogP contribution in [0.3, 0.4) is 0 Å². The fourth-order valence-electron chi connectivity index (χ4n) is 4.63. The predicted octanol–water partition coefficient (Wildman–Crippen LogP) is 5.68. The molecule has 0 N–H and O–H groups in total. The van der Waals surface area contributed by atoms with E-state index in [-0.39, 0.29) is 16.8 Å². The standard InChI is InChI=1S/C29H23N3O5S/c1-3-35-23-15-19(13-14-22(23)36-16-18-9-5-4-6-10-18)25-24-26(33)20-11-7-8-12-21(20)37-27(24)28(34)32(25)29-31-30-17(2)38-29/h4-15,25H,3,16H2,1-2H3/t25-/m0/s1.